The molecular weight excluding hydrogens is 428 g/mol. The van der Waals surface area contributed by atoms with Gasteiger partial charge in [-0.05, 0) is 55.7 Å². The first-order valence-corrected chi connectivity index (χ1v) is 10.1. The molecule has 1 fully saturated rings. The van der Waals surface area contributed by atoms with Gasteiger partial charge < -0.3 is 10.2 Å². The minimum absolute atomic E-state index is 0.00775. The molecule has 2 aromatic carbocycles. The second kappa shape index (κ2) is 8.60. The summed E-state index contributed by atoms with van der Waals surface area (Å²) in [5, 5.41) is 2.52. The number of nitrogens with one attached hydrogen (secondary N) is 1. The molecule has 1 amide bonds. The molecule has 6 nitrogen and oxygen atoms in total. The van der Waals surface area contributed by atoms with Crippen LogP contribution in [0, 0.1) is 5.82 Å². The fraction of sp³-hybridized carbons (Fsp3) is 0.318. The van der Waals surface area contributed by atoms with E-state index in [1.165, 1.54) is 18.2 Å². The molecule has 3 aromatic rings. The predicted octanol–water partition coefficient (Wildman–Crippen LogP) is 4.18. The van der Waals surface area contributed by atoms with E-state index in [0.29, 0.717) is 18.8 Å². The van der Waals surface area contributed by atoms with Gasteiger partial charge in [0.25, 0.3) is 5.56 Å². The minimum Gasteiger partial charge on any atom is -0.370 e. The molecule has 1 N–H and O–H groups in total. The first kappa shape index (κ1) is 21.8. The fourth-order valence-corrected chi connectivity index (χ4v) is 3.81. The standard InChI is InChI=1S/C22H20F4N4O2/c23-15-5-6-17-16(11-15)21(32)30(13-27-17)12-20(31)28-18-10-14(22(24,25)26)4-7-19(18)29-8-2-1-3-9-29/h4-7,10-11,13H,1-3,8-9,12H2,(H,28,31). The smallest absolute Gasteiger partial charge is 0.370 e. The van der Waals surface area contributed by atoms with Gasteiger partial charge in [-0.3, -0.25) is 14.2 Å². The van der Waals surface area contributed by atoms with Crippen molar-refractivity contribution in [2.45, 2.75) is 32.0 Å². The number of hydrogen-bond acceptors (Lipinski definition) is 4. The highest BCUT2D eigenvalue weighted by atomic mass is 19.4. The molecule has 2 heterocycles. The summed E-state index contributed by atoms with van der Waals surface area (Å²) in [4.78, 5) is 31.2. The number of rotatable bonds is 4. The lowest BCUT2D eigenvalue weighted by molar-refractivity contribution is -0.137. The summed E-state index contributed by atoms with van der Waals surface area (Å²) in [5.41, 5.74) is -0.700. The van der Waals surface area contributed by atoms with Gasteiger partial charge in [-0.2, -0.15) is 13.2 Å². The van der Waals surface area contributed by atoms with Crippen molar-refractivity contribution >= 4 is 28.2 Å². The molecule has 32 heavy (non-hydrogen) atoms. The van der Waals surface area contributed by atoms with Gasteiger partial charge in [-0.25, -0.2) is 9.37 Å². The maximum absolute atomic E-state index is 13.5. The average Bonchev–Trinajstić information content (AvgIpc) is 2.76. The topological polar surface area (TPSA) is 67.2 Å². The summed E-state index contributed by atoms with van der Waals surface area (Å²) in [6, 6.07) is 6.80. The van der Waals surface area contributed by atoms with E-state index in [9.17, 15) is 27.2 Å². The highest BCUT2D eigenvalue weighted by Gasteiger charge is 2.32. The molecule has 1 saturated heterocycles. The molecule has 0 bridgehead atoms. The van der Waals surface area contributed by atoms with Crippen LogP contribution < -0.4 is 15.8 Å². The lowest BCUT2D eigenvalue weighted by Gasteiger charge is -2.31. The third kappa shape index (κ3) is 4.58. The van der Waals surface area contributed by atoms with Gasteiger partial charge in [-0.15, -0.1) is 0 Å². The highest BCUT2D eigenvalue weighted by Crippen LogP contribution is 2.36. The number of benzene rings is 2. The Morgan fingerprint density at radius 3 is 2.53 bits per heavy atom. The summed E-state index contributed by atoms with van der Waals surface area (Å²) < 4.78 is 54.2. The Bertz CT molecular complexity index is 1220. The Kier molecular flexibility index (Phi) is 5.86. The SMILES string of the molecule is O=C(Cn1cnc2ccc(F)cc2c1=O)Nc1cc(C(F)(F)F)ccc1N1CCCCC1. The lowest BCUT2D eigenvalue weighted by atomic mass is 10.1. The van der Waals surface area contributed by atoms with Gasteiger partial charge in [0.15, 0.2) is 0 Å². The van der Waals surface area contributed by atoms with Crippen LogP contribution in [0.25, 0.3) is 10.9 Å². The molecule has 10 heteroatoms. The molecule has 0 unspecified atom stereocenters. The average molecular weight is 448 g/mol. The number of carbonyl (C=O) groups is 1. The van der Waals surface area contributed by atoms with Crippen molar-refractivity contribution in [3.05, 3.63) is 64.5 Å². The zero-order valence-electron chi connectivity index (χ0n) is 17.0. The first-order valence-electron chi connectivity index (χ1n) is 10.1. The van der Waals surface area contributed by atoms with Gasteiger partial charge in [0.05, 0.1) is 34.2 Å². The van der Waals surface area contributed by atoms with Crippen LogP contribution in [0.2, 0.25) is 0 Å². The summed E-state index contributed by atoms with van der Waals surface area (Å²) in [7, 11) is 0. The maximum Gasteiger partial charge on any atom is 0.416 e. The van der Waals surface area contributed by atoms with E-state index < -0.39 is 35.6 Å². The lowest BCUT2D eigenvalue weighted by Crippen LogP contribution is -2.32. The van der Waals surface area contributed by atoms with Gasteiger partial charge in [0.1, 0.15) is 12.4 Å². The van der Waals surface area contributed by atoms with Crippen LogP contribution >= 0.6 is 0 Å². The van der Waals surface area contributed by atoms with Crippen molar-refractivity contribution < 1.29 is 22.4 Å². The molecule has 1 aliphatic heterocycles. The van der Waals surface area contributed by atoms with Crippen LogP contribution in [-0.4, -0.2) is 28.5 Å². The molecular formula is C22H20F4N4O2. The molecule has 1 aromatic heterocycles. The number of carbonyl (C=O) groups excluding carboxylic acids is 1. The van der Waals surface area contributed by atoms with Crippen molar-refractivity contribution in [2.75, 3.05) is 23.3 Å². The van der Waals surface area contributed by atoms with E-state index in [1.54, 1.807) is 0 Å². The monoisotopic (exact) mass is 448 g/mol. The van der Waals surface area contributed by atoms with E-state index in [1.807, 2.05) is 4.90 Å². The van der Waals surface area contributed by atoms with Crippen LogP contribution in [0.15, 0.2) is 47.5 Å². The minimum atomic E-state index is -4.57. The van der Waals surface area contributed by atoms with E-state index in [4.69, 9.17) is 0 Å². The highest BCUT2D eigenvalue weighted by molar-refractivity contribution is 5.94. The zero-order chi connectivity index (χ0) is 22.9. The molecule has 0 aliphatic carbocycles. The Morgan fingerprint density at radius 2 is 1.81 bits per heavy atom. The predicted molar refractivity (Wildman–Crippen MR) is 112 cm³/mol. The summed E-state index contributed by atoms with van der Waals surface area (Å²) >= 11 is 0. The quantitative estimate of drug-likeness (QED) is 0.608. The Morgan fingerprint density at radius 1 is 1.06 bits per heavy atom. The second-order valence-corrected chi connectivity index (χ2v) is 7.66. The van der Waals surface area contributed by atoms with Gasteiger partial charge in [0.2, 0.25) is 5.91 Å². The summed E-state index contributed by atoms with van der Waals surface area (Å²) in [6.45, 7) is 0.871. The molecule has 0 saturated carbocycles. The summed E-state index contributed by atoms with van der Waals surface area (Å²) in [5.74, 6) is -1.31. The van der Waals surface area contributed by atoms with Crippen molar-refractivity contribution in [3.63, 3.8) is 0 Å². The number of nitrogens with zero attached hydrogens (tertiary/aromatic N) is 3. The Balaban J connectivity index is 1.62. The summed E-state index contributed by atoms with van der Waals surface area (Å²) in [6.07, 6.45) is -0.563. The van der Waals surface area contributed by atoms with Crippen molar-refractivity contribution in [3.8, 4) is 0 Å². The second-order valence-electron chi connectivity index (χ2n) is 7.66. The first-order chi connectivity index (χ1) is 15.2. The molecule has 0 atom stereocenters. The van der Waals surface area contributed by atoms with Crippen LogP contribution in [0.1, 0.15) is 24.8 Å². The normalized spacial score (nSPS) is 14.6. The molecule has 4 rings (SSSR count). The number of alkyl halides is 3. The molecule has 168 valence electrons. The van der Waals surface area contributed by atoms with Crippen LogP contribution in [0.5, 0.6) is 0 Å². The molecule has 1 aliphatic rings. The van der Waals surface area contributed by atoms with E-state index in [0.717, 1.165) is 48.4 Å². The van der Waals surface area contributed by atoms with Crippen molar-refractivity contribution in [1.29, 1.82) is 0 Å². The fourth-order valence-electron chi connectivity index (χ4n) is 3.81. The van der Waals surface area contributed by atoms with E-state index in [2.05, 4.69) is 10.3 Å². The largest absolute Gasteiger partial charge is 0.416 e. The number of halogens is 4. The number of fused-ring (bicyclic) bond motifs is 1. The molecule has 0 spiro atoms. The van der Waals surface area contributed by atoms with Gasteiger partial charge in [0, 0.05) is 13.1 Å². The number of amides is 1. The Hall–Kier alpha value is -3.43. The number of anilines is 2. The van der Waals surface area contributed by atoms with Crippen molar-refractivity contribution in [2.24, 2.45) is 0 Å². The van der Waals surface area contributed by atoms with Crippen LogP contribution in [0.4, 0.5) is 28.9 Å². The van der Waals surface area contributed by atoms with Crippen LogP contribution in [0.3, 0.4) is 0 Å². The maximum atomic E-state index is 13.5. The van der Waals surface area contributed by atoms with E-state index in [-0.39, 0.29) is 16.6 Å². The van der Waals surface area contributed by atoms with Gasteiger partial charge >= 0.3 is 6.18 Å². The van der Waals surface area contributed by atoms with Crippen molar-refractivity contribution in [1.82, 2.24) is 9.55 Å². The Labute approximate surface area is 180 Å². The van der Waals surface area contributed by atoms with Crippen LogP contribution in [-0.2, 0) is 17.5 Å². The number of piperidine rings is 1. The third-order valence-corrected chi connectivity index (χ3v) is 5.39. The molecule has 0 radical (unpaired) electrons. The zero-order valence-corrected chi connectivity index (χ0v) is 17.0. The number of hydrogen-bond donors (Lipinski definition) is 1. The number of aromatic nitrogens is 2. The third-order valence-electron chi connectivity index (χ3n) is 5.39. The van der Waals surface area contributed by atoms with E-state index >= 15 is 0 Å². The van der Waals surface area contributed by atoms with Gasteiger partial charge in [-0.1, -0.05) is 0 Å².